The van der Waals surface area contributed by atoms with Crippen molar-refractivity contribution in [2.24, 2.45) is 0 Å². The zero-order chi connectivity index (χ0) is 16.7. The monoisotopic (exact) mass is 335 g/mol. The average molecular weight is 335 g/mol. The summed E-state index contributed by atoms with van der Waals surface area (Å²) in [7, 11) is 1.39. The number of benzene rings is 1. The van der Waals surface area contributed by atoms with Crippen LogP contribution in [0.1, 0.15) is 17.8 Å². The standard InChI is InChI=1S/C15H17N3O4S/c1-16-15(21)18-12(19)9-22-14(20)8-4-7-13-17-10-5-2-3-6-11(10)23-13/h2-3,5-6H,4,7-9H2,1H3,(H2,16,18,19,21). The van der Waals surface area contributed by atoms with Crippen LogP contribution >= 0.6 is 11.3 Å². The molecule has 0 atom stereocenters. The van der Waals surface area contributed by atoms with Gasteiger partial charge in [-0.15, -0.1) is 11.3 Å². The van der Waals surface area contributed by atoms with Crippen LogP contribution in [-0.2, 0) is 20.7 Å². The molecule has 1 aromatic heterocycles. The number of urea groups is 1. The quantitative estimate of drug-likeness (QED) is 0.782. The number of hydrogen-bond acceptors (Lipinski definition) is 6. The molecule has 0 bridgehead atoms. The van der Waals surface area contributed by atoms with Gasteiger partial charge < -0.3 is 10.1 Å². The van der Waals surface area contributed by atoms with Gasteiger partial charge in [0.15, 0.2) is 6.61 Å². The van der Waals surface area contributed by atoms with Crippen molar-refractivity contribution in [2.45, 2.75) is 19.3 Å². The second-order valence-electron chi connectivity index (χ2n) is 4.72. The van der Waals surface area contributed by atoms with E-state index >= 15 is 0 Å². The molecule has 1 heterocycles. The molecule has 0 spiro atoms. The zero-order valence-electron chi connectivity index (χ0n) is 12.6. The summed E-state index contributed by atoms with van der Waals surface area (Å²) in [6, 6.07) is 7.23. The molecule has 0 aliphatic carbocycles. The first-order valence-electron chi connectivity index (χ1n) is 7.10. The van der Waals surface area contributed by atoms with Crippen LogP contribution in [0.5, 0.6) is 0 Å². The van der Waals surface area contributed by atoms with E-state index in [-0.39, 0.29) is 6.42 Å². The van der Waals surface area contributed by atoms with Crippen molar-refractivity contribution in [3.05, 3.63) is 29.3 Å². The van der Waals surface area contributed by atoms with E-state index in [1.807, 2.05) is 29.6 Å². The van der Waals surface area contributed by atoms with Crippen LogP contribution in [0.15, 0.2) is 24.3 Å². The lowest BCUT2D eigenvalue weighted by molar-refractivity contribution is -0.148. The summed E-state index contributed by atoms with van der Waals surface area (Å²) >= 11 is 1.60. The second kappa shape index (κ2) is 8.23. The Balaban J connectivity index is 1.68. The molecule has 1 aromatic carbocycles. The Morgan fingerprint density at radius 1 is 1.26 bits per heavy atom. The summed E-state index contributed by atoms with van der Waals surface area (Å²) in [6.07, 6.45) is 1.47. The second-order valence-corrected chi connectivity index (χ2v) is 5.83. The number of ether oxygens (including phenoxy) is 1. The number of amides is 3. The molecule has 0 aliphatic heterocycles. The van der Waals surface area contributed by atoms with Crippen molar-refractivity contribution in [1.29, 1.82) is 0 Å². The lowest BCUT2D eigenvalue weighted by Crippen LogP contribution is -2.39. The third-order valence-corrected chi connectivity index (χ3v) is 4.05. The Morgan fingerprint density at radius 3 is 2.78 bits per heavy atom. The molecule has 23 heavy (non-hydrogen) atoms. The van der Waals surface area contributed by atoms with E-state index in [1.165, 1.54) is 7.05 Å². The predicted molar refractivity (Wildman–Crippen MR) is 86.1 cm³/mol. The maximum Gasteiger partial charge on any atom is 0.321 e. The van der Waals surface area contributed by atoms with Crippen molar-refractivity contribution in [2.75, 3.05) is 13.7 Å². The smallest absolute Gasteiger partial charge is 0.321 e. The van der Waals surface area contributed by atoms with Crippen molar-refractivity contribution < 1.29 is 19.1 Å². The van der Waals surface area contributed by atoms with E-state index in [1.54, 1.807) is 11.3 Å². The molecule has 0 saturated carbocycles. The van der Waals surface area contributed by atoms with E-state index < -0.39 is 24.5 Å². The van der Waals surface area contributed by atoms with Gasteiger partial charge in [0.25, 0.3) is 5.91 Å². The van der Waals surface area contributed by atoms with Crippen molar-refractivity contribution in [3.8, 4) is 0 Å². The summed E-state index contributed by atoms with van der Waals surface area (Å²) < 4.78 is 5.92. The van der Waals surface area contributed by atoms with Crippen LogP contribution in [0.3, 0.4) is 0 Å². The van der Waals surface area contributed by atoms with Gasteiger partial charge in [-0.25, -0.2) is 9.78 Å². The Labute approximate surface area is 137 Å². The lowest BCUT2D eigenvalue weighted by atomic mass is 10.2. The minimum atomic E-state index is -0.663. The maximum absolute atomic E-state index is 11.5. The minimum absolute atomic E-state index is 0.198. The van der Waals surface area contributed by atoms with E-state index in [4.69, 9.17) is 4.74 Å². The molecular formula is C15H17N3O4S. The molecular weight excluding hydrogens is 318 g/mol. The minimum Gasteiger partial charge on any atom is -0.456 e. The molecule has 8 heteroatoms. The van der Waals surface area contributed by atoms with Gasteiger partial charge in [0.05, 0.1) is 15.2 Å². The molecule has 0 unspecified atom stereocenters. The largest absolute Gasteiger partial charge is 0.456 e. The first-order chi connectivity index (χ1) is 11.1. The normalized spacial score (nSPS) is 10.3. The average Bonchev–Trinajstić information content (AvgIpc) is 2.95. The van der Waals surface area contributed by atoms with E-state index in [9.17, 15) is 14.4 Å². The third-order valence-electron chi connectivity index (χ3n) is 2.95. The van der Waals surface area contributed by atoms with E-state index in [0.717, 1.165) is 15.2 Å². The molecule has 2 rings (SSSR count). The number of fused-ring (bicyclic) bond motifs is 1. The summed E-state index contributed by atoms with van der Waals surface area (Å²) in [5.41, 5.74) is 0.959. The topological polar surface area (TPSA) is 97.4 Å². The Hall–Kier alpha value is -2.48. The summed E-state index contributed by atoms with van der Waals surface area (Å²) in [6.45, 7) is -0.465. The number of nitrogens with one attached hydrogen (secondary N) is 2. The third kappa shape index (κ3) is 5.33. The Kier molecular flexibility index (Phi) is 6.04. The number of thiazole rings is 1. The molecule has 0 fully saturated rings. The van der Waals surface area contributed by atoms with Gasteiger partial charge in [0.2, 0.25) is 0 Å². The maximum atomic E-state index is 11.5. The summed E-state index contributed by atoms with van der Waals surface area (Å²) in [5.74, 6) is -1.14. The Bertz CT molecular complexity index is 681. The highest BCUT2D eigenvalue weighted by Crippen LogP contribution is 2.22. The Morgan fingerprint density at radius 2 is 2.04 bits per heavy atom. The predicted octanol–water partition coefficient (Wildman–Crippen LogP) is 1.62. The fourth-order valence-corrected chi connectivity index (χ4v) is 2.86. The fraction of sp³-hybridized carbons (Fsp3) is 0.333. The lowest BCUT2D eigenvalue weighted by Gasteiger charge is -2.04. The number of carbonyl (C=O) groups excluding carboxylic acids is 3. The number of nitrogens with zero attached hydrogens (tertiary/aromatic N) is 1. The highest BCUT2D eigenvalue weighted by molar-refractivity contribution is 7.18. The van der Waals surface area contributed by atoms with Crippen LogP contribution in [0.2, 0.25) is 0 Å². The number of rotatable bonds is 6. The molecule has 0 radical (unpaired) electrons. The number of aromatic nitrogens is 1. The van der Waals surface area contributed by atoms with Gasteiger partial charge in [-0.2, -0.15) is 0 Å². The number of esters is 1. The molecule has 2 N–H and O–H groups in total. The van der Waals surface area contributed by atoms with Crippen LogP contribution in [0.4, 0.5) is 4.79 Å². The number of imide groups is 1. The van der Waals surface area contributed by atoms with Gasteiger partial charge in [0.1, 0.15) is 0 Å². The molecule has 7 nitrogen and oxygen atoms in total. The van der Waals surface area contributed by atoms with Gasteiger partial charge in [-0.3, -0.25) is 14.9 Å². The van der Waals surface area contributed by atoms with Gasteiger partial charge in [0, 0.05) is 13.5 Å². The van der Waals surface area contributed by atoms with Crippen LogP contribution in [0.25, 0.3) is 10.2 Å². The van der Waals surface area contributed by atoms with E-state index in [2.05, 4.69) is 10.3 Å². The molecule has 3 amide bonds. The first-order valence-corrected chi connectivity index (χ1v) is 7.92. The van der Waals surface area contributed by atoms with Gasteiger partial charge in [-0.1, -0.05) is 12.1 Å². The van der Waals surface area contributed by atoms with Gasteiger partial charge in [-0.05, 0) is 25.0 Å². The van der Waals surface area contributed by atoms with Crippen LogP contribution < -0.4 is 10.6 Å². The summed E-state index contributed by atoms with van der Waals surface area (Å²) in [4.78, 5) is 38.2. The van der Waals surface area contributed by atoms with Gasteiger partial charge >= 0.3 is 12.0 Å². The van der Waals surface area contributed by atoms with Crippen molar-refractivity contribution in [3.63, 3.8) is 0 Å². The number of para-hydroxylation sites is 1. The molecule has 2 aromatic rings. The number of hydrogen-bond donors (Lipinski definition) is 2. The molecule has 122 valence electrons. The highest BCUT2D eigenvalue weighted by Gasteiger charge is 2.10. The fourth-order valence-electron chi connectivity index (χ4n) is 1.85. The van der Waals surface area contributed by atoms with Crippen LogP contribution in [-0.4, -0.2) is 36.5 Å². The highest BCUT2D eigenvalue weighted by atomic mass is 32.1. The number of aryl methyl sites for hydroxylation is 1. The number of carbonyl (C=O) groups is 3. The zero-order valence-corrected chi connectivity index (χ0v) is 13.4. The molecule has 0 saturated heterocycles. The van der Waals surface area contributed by atoms with Crippen molar-refractivity contribution >= 4 is 39.5 Å². The van der Waals surface area contributed by atoms with Crippen LogP contribution in [0, 0.1) is 0 Å². The van der Waals surface area contributed by atoms with E-state index in [0.29, 0.717) is 12.8 Å². The molecule has 0 aliphatic rings. The van der Waals surface area contributed by atoms with Crippen molar-refractivity contribution in [1.82, 2.24) is 15.6 Å². The SMILES string of the molecule is CNC(=O)NC(=O)COC(=O)CCCc1nc2ccccc2s1. The summed E-state index contributed by atoms with van der Waals surface area (Å²) in [5, 5.41) is 5.21. The first kappa shape index (κ1) is 16.9.